The summed E-state index contributed by atoms with van der Waals surface area (Å²) in [6.45, 7) is 2.64. The summed E-state index contributed by atoms with van der Waals surface area (Å²) in [6, 6.07) is 2.92. The molecule has 0 amide bonds. The molecule has 0 aromatic carbocycles. The molecule has 106 valence electrons. The van der Waals surface area contributed by atoms with Gasteiger partial charge in [-0.15, -0.1) is 0 Å². The van der Waals surface area contributed by atoms with Gasteiger partial charge in [-0.1, -0.05) is 6.07 Å². The van der Waals surface area contributed by atoms with E-state index in [1.165, 1.54) is 18.3 Å². The van der Waals surface area contributed by atoms with Gasteiger partial charge < -0.3 is 9.84 Å². The molecule has 1 atom stereocenters. The van der Waals surface area contributed by atoms with Crippen LogP contribution in [-0.2, 0) is 21.4 Å². The lowest BCUT2D eigenvalue weighted by Crippen LogP contribution is -2.40. The topological polar surface area (TPSA) is 88.5 Å². The van der Waals surface area contributed by atoms with Crippen molar-refractivity contribution in [1.29, 1.82) is 0 Å². The average Bonchev–Trinajstić information content (AvgIpc) is 2.84. The summed E-state index contributed by atoms with van der Waals surface area (Å²) in [5.74, 6) is 0. The van der Waals surface area contributed by atoms with Gasteiger partial charge >= 0.3 is 0 Å². The number of nitrogens with zero attached hydrogens (tertiary/aromatic N) is 1. The standard InChI is InChI=1S/C12H18N2O4S/c1-12(5-2-6-18-12)9-14-19(16,17)11-4-3-10(8-15)7-13-11/h3-4,7,14-15H,2,5-6,8-9H2,1H3. The van der Waals surface area contributed by atoms with E-state index in [1.807, 2.05) is 6.92 Å². The van der Waals surface area contributed by atoms with Crippen LogP contribution < -0.4 is 4.72 Å². The maximum atomic E-state index is 12.0. The number of aromatic nitrogens is 1. The first-order chi connectivity index (χ1) is 8.95. The van der Waals surface area contributed by atoms with Crippen LogP contribution in [0.2, 0.25) is 0 Å². The molecule has 1 aliphatic rings. The smallest absolute Gasteiger partial charge is 0.258 e. The molecular weight excluding hydrogens is 268 g/mol. The number of pyridine rings is 1. The third kappa shape index (κ3) is 3.50. The molecule has 1 aromatic heterocycles. The van der Waals surface area contributed by atoms with Gasteiger partial charge in [0.2, 0.25) is 0 Å². The van der Waals surface area contributed by atoms with Gasteiger partial charge in [-0.25, -0.2) is 18.1 Å². The quantitative estimate of drug-likeness (QED) is 0.819. The molecule has 0 aliphatic carbocycles. The van der Waals surface area contributed by atoms with Crippen molar-refractivity contribution in [2.75, 3.05) is 13.2 Å². The second-order valence-corrected chi connectivity index (χ2v) is 6.60. The molecule has 0 spiro atoms. The van der Waals surface area contributed by atoms with Crippen LogP contribution in [0.1, 0.15) is 25.3 Å². The van der Waals surface area contributed by atoms with Crippen molar-refractivity contribution in [3.8, 4) is 0 Å². The van der Waals surface area contributed by atoms with Crippen LogP contribution in [-0.4, -0.2) is 37.3 Å². The number of sulfonamides is 1. The van der Waals surface area contributed by atoms with Crippen LogP contribution in [0, 0.1) is 0 Å². The van der Waals surface area contributed by atoms with E-state index in [-0.39, 0.29) is 18.2 Å². The molecule has 2 rings (SSSR count). The van der Waals surface area contributed by atoms with Gasteiger partial charge in [0, 0.05) is 19.3 Å². The molecule has 1 aliphatic heterocycles. The fourth-order valence-electron chi connectivity index (χ4n) is 1.96. The van der Waals surface area contributed by atoms with Gasteiger partial charge in [0.1, 0.15) is 0 Å². The Hall–Kier alpha value is -1.02. The van der Waals surface area contributed by atoms with Crippen molar-refractivity contribution in [3.63, 3.8) is 0 Å². The van der Waals surface area contributed by atoms with Crippen LogP contribution in [0.3, 0.4) is 0 Å². The Morgan fingerprint density at radius 2 is 2.32 bits per heavy atom. The number of ether oxygens (including phenoxy) is 1. The molecule has 1 fully saturated rings. The normalized spacial score (nSPS) is 23.7. The Balaban J connectivity index is 2.05. The zero-order chi connectivity index (χ0) is 13.9. The molecule has 1 saturated heterocycles. The molecule has 2 N–H and O–H groups in total. The van der Waals surface area contributed by atoms with Gasteiger partial charge in [0.05, 0.1) is 12.2 Å². The number of rotatable bonds is 5. The first-order valence-corrected chi connectivity index (χ1v) is 7.63. The van der Waals surface area contributed by atoms with Crippen LogP contribution in [0.15, 0.2) is 23.4 Å². The summed E-state index contributed by atoms with van der Waals surface area (Å²) in [6.07, 6.45) is 3.14. The molecule has 0 saturated carbocycles. The van der Waals surface area contributed by atoms with E-state index in [0.717, 1.165) is 12.8 Å². The highest BCUT2D eigenvalue weighted by Gasteiger charge is 2.31. The first-order valence-electron chi connectivity index (χ1n) is 6.15. The SMILES string of the molecule is CC1(CNS(=O)(=O)c2ccc(CO)cn2)CCCO1. The molecule has 1 unspecified atom stereocenters. The summed E-state index contributed by atoms with van der Waals surface area (Å²) in [7, 11) is -3.63. The van der Waals surface area contributed by atoms with Gasteiger partial charge in [0.15, 0.2) is 5.03 Å². The molecule has 19 heavy (non-hydrogen) atoms. The molecule has 7 heteroatoms. The Morgan fingerprint density at radius 1 is 1.53 bits per heavy atom. The predicted molar refractivity (Wildman–Crippen MR) is 68.9 cm³/mol. The van der Waals surface area contributed by atoms with E-state index in [2.05, 4.69) is 9.71 Å². The molecule has 0 bridgehead atoms. The summed E-state index contributed by atoms with van der Waals surface area (Å²) in [5.41, 5.74) is 0.142. The van der Waals surface area contributed by atoms with Crippen molar-refractivity contribution < 1.29 is 18.3 Å². The van der Waals surface area contributed by atoms with E-state index in [0.29, 0.717) is 12.2 Å². The minimum atomic E-state index is -3.63. The van der Waals surface area contributed by atoms with Gasteiger partial charge in [-0.3, -0.25) is 0 Å². The van der Waals surface area contributed by atoms with Crippen molar-refractivity contribution in [3.05, 3.63) is 23.9 Å². The molecule has 0 radical (unpaired) electrons. The van der Waals surface area contributed by atoms with Gasteiger partial charge in [-0.05, 0) is 31.4 Å². The summed E-state index contributed by atoms with van der Waals surface area (Å²) in [5, 5.41) is 8.84. The van der Waals surface area contributed by atoms with Crippen LogP contribution in [0.25, 0.3) is 0 Å². The van der Waals surface area contributed by atoms with Crippen molar-refractivity contribution >= 4 is 10.0 Å². The maximum Gasteiger partial charge on any atom is 0.258 e. The highest BCUT2D eigenvalue weighted by molar-refractivity contribution is 7.89. The zero-order valence-electron chi connectivity index (χ0n) is 10.8. The number of nitrogens with one attached hydrogen (secondary N) is 1. The molecule has 6 nitrogen and oxygen atoms in total. The Bertz CT molecular complexity index is 521. The lowest BCUT2D eigenvalue weighted by atomic mass is 10.0. The average molecular weight is 286 g/mol. The second-order valence-electron chi connectivity index (χ2n) is 4.89. The third-order valence-electron chi connectivity index (χ3n) is 3.19. The van der Waals surface area contributed by atoms with E-state index >= 15 is 0 Å². The number of hydrogen-bond acceptors (Lipinski definition) is 5. The highest BCUT2D eigenvalue weighted by atomic mass is 32.2. The fourth-order valence-corrected chi connectivity index (χ4v) is 3.04. The molecular formula is C12H18N2O4S. The summed E-state index contributed by atoms with van der Waals surface area (Å²) < 4.78 is 32.1. The van der Waals surface area contributed by atoms with Crippen molar-refractivity contribution in [2.45, 2.75) is 37.0 Å². The van der Waals surface area contributed by atoms with Gasteiger partial charge in [-0.2, -0.15) is 0 Å². The number of aliphatic hydroxyl groups excluding tert-OH is 1. The predicted octanol–water partition coefficient (Wildman–Crippen LogP) is 0.421. The van der Waals surface area contributed by atoms with E-state index < -0.39 is 15.6 Å². The largest absolute Gasteiger partial charge is 0.392 e. The van der Waals surface area contributed by atoms with E-state index in [9.17, 15) is 8.42 Å². The fraction of sp³-hybridized carbons (Fsp3) is 0.583. The maximum absolute atomic E-state index is 12.0. The monoisotopic (exact) mass is 286 g/mol. The van der Waals surface area contributed by atoms with Crippen molar-refractivity contribution in [1.82, 2.24) is 9.71 Å². The van der Waals surface area contributed by atoms with E-state index in [1.54, 1.807) is 0 Å². The minimum Gasteiger partial charge on any atom is -0.392 e. The first kappa shape index (κ1) is 14.4. The molecule has 2 heterocycles. The van der Waals surface area contributed by atoms with E-state index in [4.69, 9.17) is 9.84 Å². The van der Waals surface area contributed by atoms with Crippen LogP contribution in [0.4, 0.5) is 0 Å². The Labute approximate surface area is 112 Å². The summed E-state index contributed by atoms with van der Waals surface area (Å²) in [4.78, 5) is 3.84. The number of aliphatic hydroxyl groups is 1. The Kier molecular flexibility index (Phi) is 4.19. The second kappa shape index (κ2) is 5.54. The lowest BCUT2D eigenvalue weighted by Gasteiger charge is -2.23. The zero-order valence-corrected chi connectivity index (χ0v) is 11.6. The Morgan fingerprint density at radius 3 is 2.84 bits per heavy atom. The third-order valence-corrected chi connectivity index (χ3v) is 4.51. The van der Waals surface area contributed by atoms with Gasteiger partial charge in [0.25, 0.3) is 10.0 Å². The lowest BCUT2D eigenvalue weighted by molar-refractivity contribution is 0.0250. The highest BCUT2D eigenvalue weighted by Crippen LogP contribution is 2.24. The van der Waals surface area contributed by atoms with Crippen LogP contribution >= 0.6 is 0 Å². The minimum absolute atomic E-state index is 0.0497. The number of hydrogen-bond donors (Lipinski definition) is 2. The molecule has 1 aromatic rings. The van der Waals surface area contributed by atoms with Crippen molar-refractivity contribution in [2.24, 2.45) is 0 Å². The van der Waals surface area contributed by atoms with Crippen LogP contribution in [0.5, 0.6) is 0 Å². The summed E-state index contributed by atoms with van der Waals surface area (Å²) >= 11 is 0.